The quantitative estimate of drug-likeness (QED) is 0.228. The van der Waals surface area contributed by atoms with Gasteiger partial charge in [0, 0.05) is 10.4 Å². The third-order valence-corrected chi connectivity index (χ3v) is 0. The Hall–Kier alpha value is 1.98. The van der Waals surface area contributed by atoms with Crippen molar-refractivity contribution in [2.45, 2.75) is 0 Å². The van der Waals surface area contributed by atoms with E-state index in [1.807, 2.05) is 0 Å². The van der Waals surface area contributed by atoms with Crippen LogP contribution in [0.15, 0.2) is 0 Å². The van der Waals surface area contributed by atoms with Crippen LogP contribution in [0.3, 0.4) is 0 Å². The molecular formula is Cl2Mg2O4S. The predicted molar refractivity (Wildman–Crippen MR) is 22.0 cm³/mol. The Morgan fingerprint density at radius 1 is 0.889 bits per heavy atom. The Morgan fingerprint density at radius 2 is 0.889 bits per heavy atom. The zero-order valence-electron chi connectivity index (χ0n) is 4.21. The van der Waals surface area contributed by atoms with E-state index in [1.165, 1.54) is 0 Å². The zero-order chi connectivity index (χ0) is 4.50. The minimum absolute atomic E-state index is 0. The van der Waals surface area contributed by atoms with Crippen LogP contribution in [0.5, 0.6) is 0 Å². The molecule has 48 valence electrons. The predicted octanol–water partition coefficient (Wildman–Crippen LogP) is -8.09. The van der Waals surface area contributed by atoms with Crippen LogP contribution in [-0.2, 0) is 10.4 Å². The van der Waals surface area contributed by atoms with Crippen LogP contribution in [-0.4, -0.2) is 63.6 Å². The molecule has 0 spiro atoms. The van der Waals surface area contributed by atoms with E-state index < -0.39 is 10.4 Å². The third kappa shape index (κ3) is 162. The fraction of sp³-hybridized carbons (Fsp3) is 0. The Bertz CT molecular complexity index is 99.7. The first kappa shape index (κ1) is 30.6. The molecule has 0 aromatic rings. The summed E-state index contributed by atoms with van der Waals surface area (Å²) in [6, 6.07) is 0. The van der Waals surface area contributed by atoms with E-state index in [9.17, 15) is 0 Å². The van der Waals surface area contributed by atoms with Gasteiger partial charge < -0.3 is 33.9 Å². The van der Waals surface area contributed by atoms with Gasteiger partial charge in [0.1, 0.15) is 0 Å². The molecule has 0 unspecified atom stereocenters. The fourth-order valence-electron chi connectivity index (χ4n) is 0. The van der Waals surface area contributed by atoms with Crippen molar-refractivity contribution in [3.05, 3.63) is 0 Å². The van der Waals surface area contributed by atoms with E-state index in [1.54, 1.807) is 0 Å². The van der Waals surface area contributed by atoms with Gasteiger partial charge in [-0.25, -0.2) is 0 Å². The molecule has 0 aromatic carbocycles. The van der Waals surface area contributed by atoms with Gasteiger partial charge in [0.2, 0.25) is 0 Å². The number of hydrogen-bond donors (Lipinski definition) is 0. The SMILES string of the molecule is O=S(=O)([O-])[O-].[Cl-].[Cl-].[Mg+2].[Mg+2]. The van der Waals surface area contributed by atoms with Crippen LogP contribution in [0.4, 0.5) is 0 Å². The average molecular weight is 216 g/mol. The largest absolute Gasteiger partial charge is 2.00 e. The molecule has 0 aliphatic rings. The van der Waals surface area contributed by atoms with Crippen LogP contribution in [0, 0.1) is 0 Å². The Balaban J connectivity index is -0.0000000133. The van der Waals surface area contributed by atoms with Gasteiger partial charge in [0.05, 0.1) is 0 Å². The monoisotopic (exact) mass is 214 g/mol. The maximum absolute atomic E-state index is 8.52. The number of hydrogen-bond acceptors (Lipinski definition) is 4. The first-order valence-corrected chi connectivity index (χ1v) is 2.00. The van der Waals surface area contributed by atoms with E-state index in [0.29, 0.717) is 0 Å². The topological polar surface area (TPSA) is 80.3 Å². The molecule has 0 heterocycles. The maximum Gasteiger partial charge on any atom is 2.00 e. The first-order chi connectivity index (χ1) is 2.00. The van der Waals surface area contributed by atoms with Gasteiger partial charge in [-0.1, -0.05) is 0 Å². The Morgan fingerprint density at radius 3 is 0.889 bits per heavy atom. The van der Waals surface area contributed by atoms with Gasteiger partial charge in [-0.05, 0) is 0 Å². The number of rotatable bonds is 0. The molecule has 0 aromatic heterocycles. The summed E-state index contributed by atoms with van der Waals surface area (Å²) >= 11 is 0. The second-order valence-corrected chi connectivity index (χ2v) is 1.22. The number of halogens is 2. The summed E-state index contributed by atoms with van der Waals surface area (Å²) in [5.41, 5.74) is 0. The summed E-state index contributed by atoms with van der Waals surface area (Å²) in [4.78, 5) is 0. The van der Waals surface area contributed by atoms with E-state index >= 15 is 0 Å². The van der Waals surface area contributed by atoms with Crippen molar-refractivity contribution in [3.63, 3.8) is 0 Å². The van der Waals surface area contributed by atoms with Gasteiger partial charge >= 0.3 is 46.1 Å². The van der Waals surface area contributed by atoms with Crippen LogP contribution in [0.25, 0.3) is 0 Å². The summed E-state index contributed by atoms with van der Waals surface area (Å²) in [5, 5.41) is 0. The molecule has 0 fully saturated rings. The Kier molecular flexibility index (Phi) is 42.9. The van der Waals surface area contributed by atoms with Crippen LogP contribution >= 0.6 is 0 Å². The van der Waals surface area contributed by atoms with E-state index in [0.717, 1.165) is 0 Å². The second kappa shape index (κ2) is 12.6. The molecule has 0 amide bonds. The second-order valence-electron chi connectivity index (χ2n) is 0.408. The molecule has 0 rings (SSSR count). The van der Waals surface area contributed by atoms with E-state index in [-0.39, 0.29) is 70.9 Å². The normalized spacial score (nSPS) is 6.44. The Labute approximate surface area is 97.9 Å². The molecule has 0 atom stereocenters. The van der Waals surface area contributed by atoms with Crippen LogP contribution in [0.2, 0.25) is 0 Å². The van der Waals surface area contributed by atoms with Crippen molar-refractivity contribution in [1.82, 2.24) is 0 Å². The van der Waals surface area contributed by atoms with Crippen molar-refractivity contribution in [2.24, 2.45) is 0 Å². The van der Waals surface area contributed by atoms with Gasteiger partial charge in [-0.2, -0.15) is 0 Å². The fourth-order valence-corrected chi connectivity index (χ4v) is 0. The summed E-state index contributed by atoms with van der Waals surface area (Å²) in [7, 11) is -5.17. The van der Waals surface area contributed by atoms with Crippen LogP contribution in [0.1, 0.15) is 0 Å². The molecule has 9 heteroatoms. The van der Waals surface area contributed by atoms with Crippen LogP contribution < -0.4 is 24.8 Å². The van der Waals surface area contributed by atoms with Crippen molar-refractivity contribution >= 4 is 56.5 Å². The molecule has 4 nitrogen and oxygen atoms in total. The molecule has 0 bridgehead atoms. The average Bonchev–Trinajstić information content (AvgIpc) is 0.722. The van der Waals surface area contributed by atoms with Crippen molar-refractivity contribution in [3.8, 4) is 0 Å². The smallest absolute Gasteiger partial charge is 1.00 e. The molecule has 0 aliphatic heterocycles. The maximum atomic E-state index is 8.52. The van der Waals surface area contributed by atoms with Gasteiger partial charge in [0.25, 0.3) is 0 Å². The summed E-state index contributed by atoms with van der Waals surface area (Å²) in [5.74, 6) is 0. The summed E-state index contributed by atoms with van der Waals surface area (Å²) in [6.07, 6.45) is 0. The molecule has 0 saturated heterocycles. The first-order valence-electron chi connectivity index (χ1n) is 0.667. The molecular weight excluding hydrogens is 216 g/mol. The summed E-state index contributed by atoms with van der Waals surface area (Å²) < 4.78 is 34.1. The minimum Gasteiger partial charge on any atom is -1.00 e. The molecule has 0 radical (unpaired) electrons. The standard InChI is InChI=1S/2ClH.2Mg.H2O4S/c;;;;1-5(2,3)4/h2*1H;;;(H2,1,2,3,4)/q;;2*+2;/p-4. The van der Waals surface area contributed by atoms with E-state index in [4.69, 9.17) is 17.5 Å². The zero-order valence-corrected chi connectivity index (χ0v) is 9.37. The van der Waals surface area contributed by atoms with Gasteiger partial charge in [-0.15, -0.1) is 0 Å². The minimum atomic E-state index is -5.17. The van der Waals surface area contributed by atoms with Crippen molar-refractivity contribution in [2.75, 3.05) is 0 Å². The van der Waals surface area contributed by atoms with Gasteiger partial charge in [-0.3, -0.25) is 8.42 Å². The summed E-state index contributed by atoms with van der Waals surface area (Å²) in [6.45, 7) is 0. The van der Waals surface area contributed by atoms with E-state index in [2.05, 4.69) is 0 Å². The molecule has 0 aliphatic carbocycles. The third-order valence-electron chi connectivity index (χ3n) is 0. The van der Waals surface area contributed by atoms with Crippen molar-refractivity contribution < 1.29 is 42.3 Å². The molecule has 0 saturated carbocycles. The van der Waals surface area contributed by atoms with Crippen molar-refractivity contribution in [1.29, 1.82) is 0 Å². The molecule has 0 N–H and O–H groups in total. The molecule has 9 heavy (non-hydrogen) atoms. The van der Waals surface area contributed by atoms with Gasteiger partial charge in [0.15, 0.2) is 0 Å².